The zero-order valence-electron chi connectivity index (χ0n) is 14.4. The first-order chi connectivity index (χ1) is 10.7. The minimum absolute atomic E-state index is 0.0980. The summed E-state index contributed by atoms with van der Waals surface area (Å²) in [7, 11) is 0.854. The summed E-state index contributed by atoms with van der Waals surface area (Å²) in [6.45, 7) is 7.49. The Morgan fingerprint density at radius 3 is 2.35 bits per heavy atom. The molecule has 0 spiro atoms. The van der Waals surface area contributed by atoms with Crippen LogP contribution in [0.2, 0.25) is 0 Å². The molecule has 1 heterocycles. The van der Waals surface area contributed by atoms with E-state index in [1.165, 1.54) is 6.07 Å². The largest absolute Gasteiger partial charge is 0.500 e. The van der Waals surface area contributed by atoms with Gasteiger partial charge < -0.3 is 14.6 Å². The van der Waals surface area contributed by atoms with Crippen molar-refractivity contribution in [2.24, 2.45) is 0 Å². The number of rotatable bonds is 2. The van der Waals surface area contributed by atoms with Gasteiger partial charge >= 0.3 is 7.12 Å². The van der Waals surface area contributed by atoms with Gasteiger partial charge in [-0.2, -0.15) is 0 Å². The van der Waals surface area contributed by atoms with E-state index >= 15 is 4.39 Å². The Morgan fingerprint density at radius 2 is 1.78 bits per heavy atom. The minimum atomic E-state index is -1.01. The van der Waals surface area contributed by atoms with Gasteiger partial charge in [0.15, 0.2) is 0 Å². The molecule has 6 heteroatoms. The van der Waals surface area contributed by atoms with E-state index in [9.17, 15) is 4.39 Å². The number of hydrogen-bond acceptors (Lipinski definition) is 3. The predicted octanol–water partition coefficient (Wildman–Crippen LogP) is 2.34. The maximum Gasteiger partial charge on any atom is 0.500 e. The first kappa shape index (κ1) is 16.9. The number of halogens is 2. The molecule has 0 bridgehead atoms. The molecule has 0 amide bonds. The van der Waals surface area contributed by atoms with Gasteiger partial charge in [0.25, 0.3) is 0 Å². The Labute approximate surface area is 136 Å². The molecule has 3 nitrogen and oxygen atoms in total. The summed E-state index contributed by atoms with van der Waals surface area (Å²) in [4.78, 5) is 0. The van der Waals surface area contributed by atoms with Gasteiger partial charge in [-0.05, 0) is 71.2 Å². The molecule has 1 fully saturated rings. The van der Waals surface area contributed by atoms with Crippen LogP contribution < -0.4 is 10.8 Å². The van der Waals surface area contributed by atoms with Gasteiger partial charge in [0.2, 0.25) is 0 Å². The van der Waals surface area contributed by atoms with Crippen LogP contribution >= 0.6 is 0 Å². The van der Waals surface area contributed by atoms with Crippen LogP contribution in [-0.4, -0.2) is 31.4 Å². The lowest BCUT2D eigenvalue weighted by Gasteiger charge is -2.32. The molecule has 2 aliphatic rings. The van der Waals surface area contributed by atoms with Crippen molar-refractivity contribution in [3.8, 4) is 0 Å². The second-order valence-electron chi connectivity index (χ2n) is 7.54. The number of fused-ring (bicyclic) bond motifs is 1. The lowest BCUT2D eigenvalue weighted by Crippen LogP contribution is -2.41. The monoisotopic (exact) mass is 323 g/mol. The molecule has 3 rings (SSSR count). The van der Waals surface area contributed by atoms with E-state index in [2.05, 4.69) is 5.32 Å². The SMILES string of the molecule is CNC1CCc2cc(F)c(B3OC(C)(C)C(C)(C)O3)c(F)c2C1. The molecule has 0 saturated carbocycles. The smallest absolute Gasteiger partial charge is 0.399 e. The molecular weight excluding hydrogens is 299 g/mol. The molecule has 1 N–H and O–H groups in total. The predicted molar refractivity (Wildman–Crippen MR) is 86.9 cm³/mol. The van der Waals surface area contributed by atoms with Gasteiger partial charge in [-0.15, -0.1) is 0 Å². The number of hydrogen-bond donors (Lipinski definition) is 1. The molecule has 0 aromatic heterocycles. The molecule has 1 atom stereocenters. The molecule has 1 aromatic rings. The lowest BCUT2D eigenvalue weighted by molar-refractivity contribution is 0.00578. The summed E-state index contributed by atoms with van der Waals surface area (Å²) in [5.41, 5.74) is -0.00690. The fraction of sp³-hybridized carbons (Fsp3) is 0.647. The average molecular weight is 323 g/mol. The van der Waals surface area contributed by atoms with Crippen molar-refractivity contribution in [2.75, 3.05) is 7.05 Å². The molecule has 23 heavy (non-hydrogen) atoms. The number of aryl methyl sites for hydroxylation is 1. The van der Waals surface area contributed by atoms with Crippen molar-refractivity contribution < 1.29 is 18.1 Å². The fourth-order valence-electron chi connectivity index (χ4n) is 3.27. The fourth-order valence-corrected chi connectivity index (χ4v) is 3.27. The number of nitrogens with one attached hydrogen (secondary N) is 1. The van der Waals surface area contributed by atoms with Crippen molar-refractivity contribution in [2.45, 2.75) is 64.2 Å². The molecule has 1 unspecified atom stereocenters. The zero-order valence-corrected chi connectivity index (χ0v) is 14.4. The van der Waals surface area contributed by atoms with Crippen molar-refractivity contribution in [3.63, 3.8) is 0 Å². The van der Waals surface area contributed by atoms with Gasteiger partial charge in [-0.3, -0.25) is 0 Å². The van der Waals surface area contributed by atoms with Crippen LogP contribution in [0, 0.1) is 11.6 Å². The van der Waals surface area contributed by atoms with Crippen LogP contribution in [0.4, 0.5) is 8.78 Å². The topological polar surface area (TPSA) is 30.5 Å². The van der Waals surface area contributed by atoms with Crippen LogP contribution in [0.5, 0.6) is 0 Å². The van der Waals surface area contributed by atoms with Gasteiger partial charge in [-0.25, -0.2) is 8.78 Å². The van der Waals surface area contributed by atoms with Crippen molar-refractivity contribution in [3.05, 3.63) is 28.8 Å². The van der Waals surface area contributed by atoms with Crippen molar-refractivity contribution >= 4 is 12.6 Å². The molecule has 1 aliphatic carbocycles. The molecule has 1 saturated heterocycles. The zero-order chi connectivity index (χ0) is 17.0. The summed E-state index contributed by atoms with van der Waals surface area (Å²) in [5, 5.41) is 3.18. The van der Waals surface area contributed by atoms with Gasteiger partial charge in [-0.1, -0.05) is 0 Å². The second kappa shape index (κ2) is 5.54. The van der Waals surface area contributed by atoms with E-state index in [0.29, 0.717) is 18.4 Å². The van der Waals surface area contributed by atoms with Crippen molar-refractivity contribution in [1.29, 1.82) is 0 Å². The Balaban J connectivity index is 2.02. The highest BCUT2D eigenvalue weighted by Gasteiger charge is 2.53. The Bertz CT molecular complexity index is 618. The Hall–Kier alpha value is -0.975. The summed E-state index contributed by atoms with van der Waals surface area (Å²) in [6.07, 6.45) is 2.13. The Morgan fingerprint density at radius 1 is 1.17 bits per heavy atom. The van der Waals surface area contributed by atoms with E-state index in [-0.39, 0.29) is 11.5 Å². The minimum Gasteiger partial charge on any atom is -0.399 e. The van der Waals surface area contributed by atoms with E-state index in [1.54, 1.807) is 0 Å². The maximum absolute atomic E-state index is 15.1. The third-order valence-electron chi connectivity index (χ3n) is 5.56. The second-order valence-corrected chi connectivity index (χ2v) is 7.54. The van der Waals surface area contributed by atoms with E-state index in [4.69, 9.17) is 9.31 Å². The lowest BCUT2D eigenvalue weighted by atomic mass is 9.74. The van der Waals surface area contributed by atoms with E-state index < -0.39 is 30.0 Å². The highest BCUT2D eigenvalue weighted by atomic mass is 19.1. The van der Waals surface area contributed by atoms with E-state index in [0.717, 1.165) is 12.0 Å². The Kier molecular flexibility index (Phi) is 4.06. The maximum atomic E-state index is 15.1. The normalized spacial score (nSPS) is 25.5. The molecule has 0 radical (unpaired) electrons. The van der Waals surface area contributed by atoms with Crippen LogP contribution in [-0.2, 0) is 22.2 Å². The van der Waals surface area contributed by atoms with Crippen LogP contribution in [0.15, 0.2) is 6.07 Å². The first-order valence-electron chi connectivity index (χ1n) is 8.19. The summed E-state index contributed by atoms with van der Waals surface area (Å²) < 4.78 is 41.3. The quantitative estimate of drug-likeness (QED) is 0.848. The van der Waals surface area contributed by atoms with E-state index in [1.807, 2.05) is 34.7 Å². The summed E-state index contributed by atoms with van der Waals surface area (Å²) >= 11 is 0. The highest BCUT2D eigenvalue weighted by molar-refractivity contribution is 6.62. The van der Waals surface area contributed by atoms with Gasteiger partial charge in [0.05, 0.1) is 16.7 Å². The standard InChI is InChI=1S/C17H24BF2NO2/c1-16(2)17(3,4)23-18(22-16)14-13(19)8-10-6-7-11(21-5)9-12(10)15(14)20/h8,11,21H,6-7,9H2,1-5H3. The van der Waals surface area contributed by atoms with Crippen LogP contribution in [0.25, 0.3) is 0 Å². The molecular formula is C17H24BF2NO2. The number of likely N-dealkylation sites (N-methyl/N-ethyl adjacent to an activating group) is 1. The van der Waals surface area contributed by atoms with Gasteiger partial charge in [0, 0.05) is 6.04 Å². The third kappa shape index (κ3) is 2.71. The molecule has 1 aromatic carbocycles. The van der Waals surface area contributed by atoms with Crippen LogP contribution in [0.1, 0.15) is 45.2 Å². The summed E-state index contributed by atoms with van der Waals surface area (Å²) in [6, 6.07) is 1.67. The van der Waals surface area contributed by atoms with Gasteiger partial charge in [0.1, 0.15) is 11.6 Å². The molecule has 126 valence electrons. The number of benzene rings is 1. The van der Waals surface area contributed by atoms with Crippen LogP contribution in [0.3, 0.4) is 0 Å². The average Bonchev–Trinajstić information content (AvgIpc) is 2.66. The van der Waals surface area contributed by atoms with Crippen molar-refractivity contribution in [1.82, 2.24) is 5.32 Å². The molecule has 1 aliphatic heterocycles. The first-order valence-corrected chi connectivity index (χ1v) is 8.19. The summed E-state index contributed by atoms with van der Waals surface area (Å²) in [5.74, 6) is -1.10. The third-order valence-corrected chi connectivity index (χ3v) is 5.56. The highest BCUT2D eigenvalue weighted by Crippen LogP contribution is 2.37.